The number of amides is 2. The van der Waals surface area contributed by atoms with Crippen LogP contribution in [-0.4, -0.2) is 36.3 Å². The van der Waals surface area contributed by atoms with E-state index in [4.69, 9.17) is 0 Å². The van der Waals surface area contributed by atoms with E-state index >= 15 is 0 Å². The summed E-state index contributed by atoms with van der Waals surface area (Å²) in [5.41, 5.74) is 0.632. The van der Waals surface area contributed by atoms with Crippen LogP contribution in [0.15, 0.2) is 42.5 Å². The molecule has 0 bridgehead atoms. The van der Waals surface area contributed by atoms with E-state index in [1.54, 1.807) is 0 Å². The zero-order chi connectivity index (χ0) is 15.4. The number of fused-ring (bicyclic) bond motifs is 1. The van der Waals surface area contributed by atoms with Gasteiger partial charge in [-0.05, 0) is 35.7 Å². The standard InChI is InChI=1S/C18H20N2O2/c21-17(20-11-3-4-12-20)9-10-19-18(22)16-8-7-14-5-1-2-6-15(14)13-16/h1-2,5-8,13H,3-4,9-12H2,(H,19,22). The lowest BCUT2D eigenvalue weighted by Crippen LogP contribution is -2.32. The zero-order valence-corrected chi connectivity index (χ0v) is 12.5. The number of nitrogens with zero attached hydrogens (tertiary/aromatic N) is 1. The predicted octanol–water partition coefficient (Wildman–Crippen LogP) is 2.58. The summed E-state index contributed by atoms with van der Waals surface area (Å²) in [5.74, 6) is 0.0105. The Bertz CT molecular complexity index is 690. The van der Waals surface area contributed by atoms with Gasteiger partial charge in [-0.25, -0.2) is 0 Å². The van der Waals surface area contributed by atoms with Crippen LogP contribution in [-0.2, 0) is 4.79 Å². The first-order valence-electron chi connectivity index (χ1n) is 7.79. The van der Waals surface area contributed by atoms with E-state index in [1.807, 2.05) is 47.4 Å². The van der Waals surface area contributed by atoms with Crippen LogP contribution in [0.1, 0.15) is 29.6 Å². The van der Waals surface area contributed by atoms with Gasteiger partial charge >= 0.3 is 0 Å². The molecule has 1 aliphatic heterocycles. The summed E-state index contributed by atoms with van der Waals surface area (Å²) in [6.07, 6.45) is 2.56. The van der Waals surface area contributed by atoms with E-state index in [0.29, 0.717) is 18.5 Å². The maximum Gasteiger partial charge on any atom is 0.251 e. The van der Waals surface area contributed by atoms with Crippen molar-refractivity contribution < 1.29 is 9.59 Å². The van der Waals surface area contributed by atoms with Crippen LogP contribution in [0.4, 0.5) is 0 Å². The van der Waals surface area contributed by atoms with Crippen molar-refractivity contribution >= 4 is 22.6 Å². The lowest BCUT2D eigenvalue weighted by molar-refractivity contribution is -0.129. The minimum absolute atomic E-state index is 0.125. The number of carbonyl (C=O) groups is 2. The fraction of sp³-hybridized carbons (Fsp3) is 0.333. The molecule has 0 radical (unpaired) electrons. The molecule has 1 N–H and O–H groups in total. The molecule has 0 unspecified atom stereocenters. The molecule has 4 heteroatoms. The average Bonchev–Trinajstić information content (AvgIpc) is 3.08. The van der Waals surface area contributed by atoms with E-state index in [1.165, 1.54) is 0 Å². The highest BCUT2D eigenvalue weighted by Gasteiger charge is 2.17. The molecule has 2 aromatic rings. The van der Waals surface area contributed by atoms with Crippen molar-refractivity contribution in [3.05, 3.63) is 48.0 Å². The molecule has 3 rings (SSSR count). The van der Waals surface area contributed by atoms with Gasteiger partial charge in [-0.15, -0.1) is 0 Å². The van der Waals surface area contributed by atoms with Gasteiger partial charge in [0.2, 0.25) is 5.91 Å². The van der Waals surface area contributed by atoms with Crippen LogP contribution in [0, 0.1) is 0 Å². The first-order valence-corrected chi connectivity index (χ1v) is 7.79. The molecule has 1 heterocycles. The molecule has 1 fully saturated rings. The van der Waals surface area contributed by atoms with Gasteiger partial charge in [-0.2, -0.15) is 0 Å². The lowest BCUT2D eigenvalue weighted by Gasteiger charge is -2.15. The fourth-order valence-corrected chi connectivity index (χ4v) is 2.84. The van der Waals surface area contributed by atoms with Crippen molar-refractivity contribution in [2.45, 2.75) is 19.3 Å². The number of likely N-dealkylation sites (tertiary alicyclic amines) is 1. The second kappa shape index (κ2) is 6.60. The predicted molar refractivity (Wildman–Crippen MR) is 86.7 cm³/mol. The van der Waals surface area contributed by atoms with Crippen molar-refractivity contribution in [3.8, 4) is 0 Å². The van der Waals surface area contributed by atoms with Crippen molar-refractivity contribution in [3.63, 3.8) is 0 Å². The second-order valence-corrected chi connectivity index (χ2v) is 5.66. The summed E-state index contributed by atoms with van der Waals surface area (Å²) in [6, 6.07) is 13.6. The summed E-state index contributed by atoms with van der Waals surface area (Å²) in [7, 11) is 0. The van der Waals surface area contributed by atoms with Crippen LogP contribution in [0.25, 0.3) is 10.8 Å². The number of rotatable bonds is 4. The molecule has 0 spiro atoms. The summed E-state index contributed by atoms with van der Waals surface area (Å²) in [5, 5.41) is 4.99. The van der Waals surface area contributed by atoms with Gasteiger partial charge < -0.3 is 10.2 Å². The topological polar surface area (TPSA) is 49.4 Å². The largest absolute Gasteiger partial charge is 0.352 e. The third-order valence-corrected chi connectivity index (χ3v) is 4.09. The number of hydrogen-bond donors (Lipinski definition) is 1. The summed E-state index contributed by atoms with van der Waals surface area (Å²) in [6.45, 7) is 2.11. The third-order valence-electron chi connectivity index (χ3n) is 4.09. The van der Waals surface area contributed by atoms with Crippen molar-refractivity contribution in [2.75, 3.05) is 19.6 Å². The first kappa shape index (κ1) is 14.6. The SMILES string of the molecule is O=C(NCCC(=O)N1CCCC1)c1ccc2ccccc2c1. The maximum atomic E-state index is 12.2. The number of carbonyl (C=O) groups excluding carboxylic acids is 2. The quantitative estimate of drug-likeness (QED) is 0.942. The van der Waals surface area contributed by atoms with E-state index in [2.05, 4.69) is 5.32 Å². The normalized spacial score (nSPS) is 14.3. The summed E-state index contributed by atoms with van der Waals surface area (Å²) in [4.78, 5) is 25.9. The van der Waals surface area contributed by atoms with Crippen LogP contribution in [0.3, 0.4) is 0 Å². The third kappa shape index (κ3) is 3.27. The zero-order valence-electron chi connectivity index (χ0n) is 12.5. The Morgan fingerprint density at radius 1 is 1.00 bits per heavy atom. The molecule has 114 valence electrons. The molecular weight excluding hydrogens is 276 g/mol. The van der Waals surface area contributed by atoms with Gasteiger partial charge in [0.25, 0.3) is 5.91 Å². The molecular formula is C18H20N2O2. The average molecular weight is 296 g/mol. The Morgan fingerprint density at radius 3 is 2.50 bits per heavy atom. The Kier molecular flexibility index (Phi) is 4.37. The van der Waals surface area contributed by atoms with Gasteiger partial charge in [0.05, 0.1) is 0 Å². The lowest BCUT2D eigenvalue weighted by atomic mass is 10.1. The van der Waals surface area contributed by atoms with E-state index in [0.717, 1.165) is 36.7 Å². The monoisotopic (exact) mass is 296 g/mol. The molecule has 22 heavy (non-hydrogen) atoms. The Labute approximate surface area is 130 Å². The van der Waals surface area contributed by atoms with Crippen molar-refractivity contribution in [1.29, 1.82) is 0 Å². The molecule has 0 atom stereocenters. The number of hydrogen-bond acceptors (Lipinski definition) is 2. The highest BCUT2D eigenvalue weighted by atomic mass is 16.2. The van der Waals surface area contributed by atoms with Crippen LogP contribution in [0.5, 0.6) is 0 Å². The molecule has 4 nitrogen and oxygen atoms in total. The summed E-state index contributed by atoms with van der Waals surface area (Å²) < 4.78 is 0. The smallest absolute Gasteiger partial charge is 0.251 e. The van der Waals surface area contributed by atoms with Crippen LogP contribution >= 0.6 is 0 Å². The van der Waals surface area contributed by atoms with Crippen LogP contribution < -0.4 is 5.32 Å². The van der Waals surface area contributed by atoms with E-state index < -0.39 is 0 Å². The van der Waals surface area contributed by atoms with E-state index in [9.17, 15) is 9.59 Å². The minimum Gasteiger partial charge on any atom is -0.352 e. The van der Waals surface area contributed by atoms with Gasteiger partial charge in [0.1, 0.15) is 0 Å². The highest BCUT2D eigenvalue weighted by molar-refractivity contribution is 5.98. The molecule has 1 saturated heterocycles. The molecule has 0 aliphatic carbocycles. The Morgan fingerprint density at radius 2 is 1.73 bits per heavy atom. The molecule has 2 amide bonds. The number of benzene rings is 2. The number of nitrogens with one attached hydrogen (secondary N) is 1. The van der Waals surface area contributed by atoms with Crippen molar-refractivity contribution in [2.24, 2.45) is 0 Å². The van der Waals surface area contributed by atoms with Gasteiger partial charge in [-0.1, -0.05) is 30.3 Å². The molecule has 2 aromatic carbocycles. The molecule has 0 saturated carbocycles. The Hall–Kier alpha value is -2.36. The van der Waals surface area contributed by atoms with Gasteiger partial charge in [-0.3, -0.25) is 9.59 Å². The van der Waals surface area contributed by atoms with E-state index in [-0.39, 0.29) is 11.8 Å². The maximum absolute atomic E-state index is 12.2. The Balaban J connectivity index is 1.55. The summed E-state index contributed by atoms with van der Waals surface area (Å²) >= 11 is 0. The van der Waals surface area contributed by atoms with Gasteiger partial charge in [0, 0.05) is 31.6 Å². The highest BCUT2D eigenvalue weighted by Crippen LogP contribution is 2.15. The molecule has 0 aromatic heterocycles. The van der Waals surface area contributed by atoms with Gasteiger partial charge in [0.15, 0.2) is 0 Å². The fourth-order valence-electron chi connectivity index (χ4n) is 2.84. The van der Waals surface area contributed by atoms with Crippen molar-refractivity contribution in [1.82, 2.24) is 10.2 Å². The van der Waals surface area contributed by atoms with Crippen LogP contribution in [0.2, 0.25) is 0 Å². The second-order valence-electron chi connectivity index (χ2n) is 5.66. The first-order chi connectivity index (χ1) is 10.7. The minimum atomic E-state index is -0.125. The molecule has 1 aliphatic rings.